The Balaban J connectivity index is 1.79. The van der Waals surface area contributed by atoms with Gasteiger partial charge in [0.05, 0.1) is 6.04 Å². The predicted molar refractivity (Wildman–Crippen MR) is 75.4 cm³/mol. The van der Waals surface area contributed by atoms with Crippen molar-refractivity contribution in [1.82, 2.24) is 10.2 Å². The number of piperazine rings is 1. The molecular weight excluding hydrogens is 256 g/mol. The highest BCUT2D eigenvalue weighted by Gasteiger charge is 2.27. The van der Waals surface area contributed by atoms with E-state index in [1.54, 1.807) is 6.07 Å². The zero-order chi connectivity index (χ0) is 13.9. The molecule has 0 radical (unpaired) electrons. The fourth-order valence-corrected chi connectivity index (χ4v) is 2.85. The lowest BCUT2D eigenvalue weighted by Crippen LogP contribution is -2.51. The summed E-state index contributed by atoms with van der Waals surface area (Å²) < 4.78 is 10.6. The van der Waals surface area contributed by atoms with Gasteiger partial charge in [0.2, 0.25) is 6.79 Å². The second-order valence-corrected chi connectivity index (χ2v) is 5.14. The molecule has 2 heterocycles. The van der Waals surface area contributed by atoms with Crippen LogP contribution in [-0.2, 0) is 0 Å². The van der Waals surface area contributed by atoms with Crippen LogP contribution < -0.4 is 14.8 Å². The first-order valence-electron chi connectivity index (χ1n) is 7.18. The molecule has 20 heavy (non-hydrogen) atoms. The van der Waals surface area contributed by atoms with E-state index in [1.165, 1.54) is 0 Å². The molecule has 1 saturated heterocycles. The summed E-state index contributed by atoms with van der Waals surface area (Å²) in [5.41, 5.74) is 0.708. The number of ketones is 1. The maximum absolute atomic E-state index is 12.7. The van der Waals surface area contributed by atoms with E-state index < -0.39 is 0 Å². The Morgan fingerprint density at radius 1 is 1.30 bits per heavy atom. The van der Waals surface area contributed by atoms with Crippen LogP contribution in [0, 0.1) is 0 Å². The van der Waals surface area contributed by atoms with E-state index in [9.17, 15) is 4.79 Å². The number of fused-ring (bicyclic) bond motifs is 1. The van der Waals surface area contributed by atoms with E-state index in [2.05, 4.69) is 17.1 Å². The fourth-order valence-electron chi connectivity index (χ4n) is 2.85. The van der Waals surface area contributed by atoms with Gasteiger partial charge >= 0.3 is 0 Å². The van der Waals surface area contributed by atoms with E-state index in [0.29, 0.717) is 11.3 Å². The standard InChI is InChI=1S/C15H20N2O3/c1-2-12(17-7-5-16-6-8-17)15(18)11-3-4-13-14(9-11)20-10-19-13/h3-4,9,12,16H,2,5-8,10H2,1H3. The number of Topliss-reactive ketones (excluding diaryl/α,β-unsaturated/α-hetero) is 1. The number of hydrogen-bond donors (Lipinski definition) is 1. The summed E-state index contributed by atoms with van der Waals surface area (Å²) in [5, 5.41) is 3.32. The molecule has 5 nitrogen and oxygen atoms in total. The summed E-state index contributed by atoms with van der Waals surface area (Å²) in [4.78, 5) is 15.0. The van der Waals surface area contributed by atoms with Gasteiger partial charge in [-0.25, -0.2) is 0 Å². The van der Waals surface area contributed by atoms with Crippen LogP contribution in [0.2, 0.25) is 0 Å². The van der Waals surface area contributed by atoms with E-state index in [1.807, 2.05) is 12.1 Å². The van der Waals surface area contributed by atoms with Gasteiger partial charge in [0, 0.05) is 31.7 Å². The molecule has 0 bridgehead atoms. The fraction of sp³-hybridized carbons (Fsp3) is 0.533. The highest BCUT2D eigenvalue weighted by atomic mass is 16.7. The molecule has 2 aliphatic heterocycles. The van der Waals surface area contributed by atoms with Crippen LogP contribution >= 0.6 is 0 Å². The van der Waals surface area contributed by atoms with E-state index in [-0.39, 0.29) is 18.6 Å². The second kappa shape index (κ2) is 5.81. The molecule has 1 unspecified atom stereocenters. The normalized spacial score (nSPS) is 19.9. The van der Waals surface area contributed by atoms with Gasteiger partial charge in [0.15, 0.2) is 17.3 Å². The molecule has 1 N–H and O–H groups in total. The summed E-state index contributed by atoms with van der Waals surface area (Å²) >= 11 is 0. The van der Waals surface area contributed by atoms with E-state index in [0.717, 1.165) is 38.3 Å². The molecule has 5 heteroatoms. The van der Waals surface area contributed by atoms with Crippen molar-refractivity contribution in [2.45, 2.75) is 19.4 Å². The number of hydrogen-bond acceptors (Lipinski definition) is 5. The highest BCUT2D eigenvalue weighted by molar-refractivity contribution is 6.00. The van der Waals surface area contributed by atoms with Gasteiger partial charge in [-0.1, -0.05) is 6.92 Å². The zero-order valence-corrected chi connectivity index (χ0v) is 11.7. The van der Waals surface area contributed by atoms with E-state index in [4.69, 9.17) is 9.47 Å². The van der Waals surface area contributed by atoms with Crippen LogP contribution in [0.1, 0.15) is 23.7 Å². The van der Waals surface area contributed by atoms with Crippen LogP contribution in [0.5, 0.6) is 11.5 Å². The first-order valence-corrected chi connectivity index (χ1v) is 7.18. The quantitative estimate of drug-likeness (QED) is 0.840. The van der Waals surface area contributed by atoms with Crippen LogP contribution in [0.4, 0.5) is 0 Å². The Kier molecular flexibility index (Phi) is 3.89. The monoisotopic (exact) mass is 276 g/mol. The maximum atomic E-state index is 12.7. The molecule has 0 aliphatic carbocycles. The van der Waals surface area contributed by atoms with Crippen molar-refractivity contribution in [3.05, 3.63) is 23.8 Å². The highest BCUT2D eigenvalue weighted by Crippen LogP contribution is 2.33. The second-order valence-electron chi connectivity index (χ2n) is 5.14. The van der Waals surface area contributed by atoms with Crippen LogP contribution in [0.15, 0.2) is 18.2 Å². The number of carbonyl (C=O) groups excluding carboxylic acids is 1. The smallest absolute Gasteiger partial charge is 0.231 e. The molecule has 1 aromatic rings. The Morgan fingerprint density at radius 3 is 2.80 bits per heavy atom. The maximum Gasteiger partial charge on any atom is 0.231 e. The van der Waals surface area contributed by atoms with Crippen LogP contribution in [0.3, 0.4) is 0 Å². The van der Waals surface area contributed by atoms with Crippen molar-refractivity contribution in [1.29, 1.82) is 0 Å². The Bertz CT molecular complexity index is 498. The minimum Gasteiger partial charge on any atom is -0.454 e. The van der Waals surface area contributed by atoms with Crippen molar-refractivity contribution in [3.8, 4) is 11.5 Å². The first kappa shape index (κ1) is 13.4. The number of rotatable bonds is 4. The first-order chi connectivity index (χ1) is 9.79. The molecule has 0 spiro atoms. The predicted octanol–water partition coefficient (Wildman–Crippen LogP) is 1.28. The van der Waals surface area contributed by atoms with Gasteiger partial charge in [-0.05, 0) is 24.6 Å². The van der Waals surface area contributed by atoms with Gasteiger partial charge < -0.3 is 14.8 Å². The third-order valence-electron chi connectivity index (χ3n) is 3.94. The molecule has 0 amide bonds. The van der Waals surface area contributed by atoms with Gasteiger partial charge in [0.25, 0.3) is 0 Å². The summed E-state index contributed by atoms with van der Waals surface area (Å²) in [6, 6.07) is 5.41. The third kappa shape index (κ3) is 2.51. The number of ether oxygens (including phenoxy) is 2. The summed E-state index contributed by atoms with van der Waals surface area (Å²) in [6.07, 6.45) is 0.827. The topological polar surface area (TPSA) is 50.8 Å². The molecule has 2 aliphatic rings. The molecule has 108 valence electrons. The zero-order valence-electron chi connectivity index (χ0n) is 11.7. The number of nitrogens with zero attached hydrogens (tertiary/aromatic N) is 1. The molecule has 1 atom stereocenters. The molecule has 1 fully saturated rings. The molecule has 1 aromatic carbocycles. The molecule has 0 saturated carbocycles. The summed E-state index contributed by atoms with van der Waals surface area (Å²) in [6.45, 7) is 6.05. The van der Waals surface area contributed by atoms with Crippen molar-refractivity contribution in [3.63, 3.8) is 0 Å². The molecule has 3 rings (SSSR count). The number of benzene rings is 1. The Labute approximate surface area is 118 Å². The summed E-state index contributed by atoms with van der Waals surface area (Å²) in [7, 11) is 0. The van der Waals surface area contributed by atoms with Gasteiger partial charge in [-0.3, -0.25) is 9.69 Å². The minimum absolute atomic E-state index is 0.0440. The van der Waals surface area contributed by atoms with Crippen molar-refractivity contribution < 1.29 is 14.3 Å². The van der Waals surface area contributed by atoms with Gasteiger partial charge in [-0.15, -0.1) is 0 Å². The Morgan fingerprint density at radius 2 is 2.05 bits per heavy atom. The van der Waals surface area contributed by atoms with Crippen LogP contribution in [0.25, 0.3) is 0 Å². The lowest BCUT2D eigenvalue weighted by molar-refractivity contribution is 0.0789. The largest absolute Gasteiger partial charge is 0.454 e. The lowest BCUT2D eigenvalue weighted by atomic mass is 9.99. The van der Waals surface area contributed by atoms with Crippen molar-refractivity contribution in [2.24, 2.45) is 0 Å². The number of carbonyl (C=O) groups is 1. The van der Waals surface area contributed by atoms with Gasteiger partial charge in [0.1, 0.15) is 0 Å². The third-order valence-corrected chi connectivity index (χ3v) is 3.94. The molecule has 0 aromatic heterocycles. The lowest BCUT2D eigenvalue weighted by Gasteiger charge is -2.33. The number of nitrogens with one attached hydrogen (secondary N) is 1. The average Bonchev–Trinajstić information content (AvgIpc) is 2.96. The van der Waals surface area contributed by atoms with Crippen LogP contribution in [-0.4, -0.2) is 49.7 Å². The van der Waals surface area contributed by atoms with Crippen molar-refractivity contribution >= 4 is 5.78 Å². The van der Waals surface area contributed by atoms with E-state index >= 15 is 0 Å². The average molecular weight is 276 g/mol. The summed E-state index contributed by atoms with van der Waals surface area (Å²) in [5.74, 6) is 1.57. The SMILES string of the molecule is CCC(C(=O)c1ccc2c(c1)OCO2)N1CCNCC1. The Hall–Kier alpha value is -1.59. The van der Waals surface area contributed by atoms with Gasteiger partial charge in [-0.2, -0.15) is 0 Å². The minimum atomic E-state index is -0.0440. The molecular formula is C15H20N2O3. The van der Waals surface area contributed by atoms with Crippen molar-refractivity contribution in [2.75, 3.05) is 33.0 Å².